The minimum atomic E-state index is -0.468. The lowest BCUT2D eigenvalue weighted by molar-refractivity contribution is 0.0464. The van der Waals surface area contributed by atoms with Crippen molar-refractivity contribution in [1.82, 2.24) is 4.98 Å². The van der Waals surface area contributed by atoms with E-state index in [-0.39, 0.29) is 5.41 Å². The first-order valence-electron chi connectivity index (χ1n) is 6.07. The molecule has 1 aromatic carbocycles. The summed E-state index contributed by atoms with van der Waals surface area (Å²) in [6.07, 6.45) is 2.25. The van der Waals surface area contributed by atoms with Gasteiger partial charge in [0.2, 0.25) is 0 Å². The highest BCUT2D eigenvalue weighted by atomic mass is 16.3. The number of para-hydroxylation sites is 1. The molecule has 0 saturated heterocycles. The van der Waals surface area contributed by atoms with E-state index in [2.05, 4.69) is 25.8 Å². The number of aliphatic hydroxyl groups excluding tert-OH is 1. The summed E-state index contributed by atoms with van der Waals surface area (Å²) in [6, 6.07) is 10.0. The monoisotopic (exact) mass is 229 g/mol. The summed E-state index contributed by atoms with van der Waals surface area (Å²) in [5.74, 6) is 0. The molecule has 0 amide bonds. The third-order valence-electron chi connectivity index (χ3n) is 3.58. The van der Waals surface area contributed by atoms with Crippen molar-refractivity contribution in [3.63, 3.8) is 0 Å². The van der Waals surface area contributed by atoms with Gasteiger partial charge in [-0.2, -0.15) is 0 Å². The summed E-state index contributed by atoms with van der Waals surface area (Å²) in [4.78, 5) is 4.39. The van der Waals surface area contributed by atoms with E-state index in [0.29, 0.717) is 0 Å². The molecule has 0 bridgehead atoms. The molecule has 0 radical (unpaired) electrons. The molecule has 0 aliphatic rings. The highest BCUT2D eigenvalue weighted by Gasteiger charge is 2.27. The van der Waals surface area contributed by atoms with Crippen molar-refractivity contribution in [2.45, 2.75) is 33.3 Å². The second-order valence-corrected chi connectivity index (χ2v) is 5.21. The fourth-order valence-electron chi connectivity index (χ4n) is 1.88. The average Bonchev–Trinajstić information content (AvgIpc) is 2.37. The maximum absolute atomic E-state index is 10.4. The SMILES string of the molecule is CCC(C)(C)C(O)c1cnc2ccccc2c1. The molecule has 1 aromatic heterocycles. The van der Waals surface area contributed by atoms with Crippen LogP contribution in [0, 0.1) is 5.41 Å². The lowest BCUT2D eigenvalue weighted by Crippen LogP contribution is -2.21. The molecule has 0 aliphatic heterocycles. The van der Waals surface area contributed by atoms with Crippen LogP contribution in [-0.4, -0.2) is 10.1 Å². The lowest BCUT2D eigenvalue weighted by Gasteiger charge is -2.29. The van der Waals surface area contributed by atoms with Crippen LogP contribution in [0.5, 0.6) is 0 Å². The van der Waals surface area contributed by atoms with Gasteiger partial charge < -0.3 is 5.11 Å². The van der Waals surface area contributed by atoms with Gasteiger partial charge >= 0.3 is 0 Å². The Balaban J connectivity index is 2.43. The first-order valence-corrected chi connectivity index (χ1v) is 6.07. The van der Waals surface area contributed by atoms with Gasteiger partial charge in [0.05, 0.1) is 11.6 Å². The van der Waals surface area contributed by atoms with E-state index < -0.39 is 6.10 Å². The van der Waals surface area contributed by atoms with Crippen LogP contribution in [0.2, 0.25) is 0 Å². The Bertz CT molecular complexity index is 519. The minimum Gasteiger partial charge on any atom is -0.388 e. The highest BCUT2D eigenvalue weighted by Crippen LogP contribution is 2.36. The maximum Gasteiger partial charge on any atom is 0.0855 e. The standard InChI is InChI=1S/C15H19NO/c1-4-15(2,3)14(17)12-9-11-7-5-6-8-13(11)16-10-12/h5-10,14,17H,4H2,1-3H3. The minimum absolute atomic E-state index is 0.121. The van der Waals surface area contributed by atoms with Gasteiger partial charge in [-0.3, -0.25) is 4.98 Å². The molecule has 90 valence electrons. The summed E-state index contributed by atoms with van der Waals surface area (Å²) >= 11 is 0. The van der Waals surface area contributed by atoms with Crippen LogP contribution >= 0.6 is 0 Å². The molecule has 0 fully saturated rings. The molecule has 2 nitrogen and oxygen atoms in total. The van der Waals surface area contributed by atoms with Crippen molar-refractivity contribution >= 4 is 10.9 Å². The quantitative estimate of drug-likeness (QED) is 0.870. The Labute approximate surface area is 102 Å². The van der Waals surface area contributed by atoms with E-state index >= 15 is 0 Å². The van der Waals surface area contributed by atoms with Crippen LogP contribution in [0.15, 0.2) is 36.5 Å². The number of benzene rings is 1. The molecule has 0 aliphatic carbocycles. The molecule has 1 heterocycles. The molecule has 2 aromatic rings. The zero-order valence-corrected chi connectivity index (χ0v) is 10.6. The van der Waals surface area contributed by atoms with Crippen molar-refractivity contribution in [1.29, 1.82) is 0 Å². The smallest absolute Gasteiger partial charge is 0.0855 e. The zero-order valence-electron chi connectivity index (χ0n) is 10.6. The van der Waals surface area contributed by atoms with Crippen molar-refractivity contribution < 1.29 is 5.11 Å². The van der Waals surface area contributed by atoms with Crippen LogP contribution in [-0.2, 0) is 0 Å². The Morgan fingerprint density at radius 3 is 2.71 bits per heavy atom. The normalized spacial score (nSPS) is 13.9. The molecule has 17 heavy (non-hydrogen) atoms. The van der Waals surface area contributed by atoms with E-state index in [1.165, 1.54) is 0 Å². The van der Waals surface area contributed by atoms with E-state index in [1.54, 1.807) is 6.20 Å². The van der Waals surface area contributed by atoms with E-state index in [0.717, 1.165) is 22.9 Å². The van der Waals surface area contributed by atoms with Gasteiger partial charge in [-0.1, -0.05) is 39.0 Å². The fraction of sp³-hybridized carbons (Fsp3) is 0.400. The predicted molar refractivity (Wildman–Crippen MR) is 70.8 cm³/mol. The molecular formula is C15H19NO. The first-order chi connectivity index (χ1) is 8.04. The van der Waals surface area contributed by atoms with Crippen molar-refractivity contribution in [3.05, 3.63) is 42.1 Å². The highest BCUT2D eigenvalue weighted by molar-refractivity contribution is 5.78. The van der Waals surface area contributed by atoms with Crippen LogP contribution in [0.1, 0.15) is 38.9 Å². The van der Waals surface area contributed by atoms with Crippen LogP contribution in [0.4, 0.5) is 0 Å². The van der Waals surface area contributed by atoms with Gasteiger partial charge in [-0.05, 0) is 29.5 Å². The van der Waals surface area contributed by atoms with E-state index in [1.807, 2.05) is 30.3 Å². The zero-order chi connectivity index (χ0) is 12.5. The number of rotatable bonds is 3. The molecule has 1 atom stereocenters. The van der Waals surface area contributed by atoms with Gasteiger partial charge in [0.1, 0.15) is 0 Å². The average molecular weight is 229 g/mol. The van der Waals surface area contributed by atoms with Crippen molar-refractivity contribution in [2.24, 2.45) is 5.41 Å². The lowest BCUT2D eigenvalue weighted by atomic mass is 9.81. The predicted octanol–water partition coefficient (Wildman–Crippen LogP) is 3.70. The van der Waals surface area contributed by atoms with E-state index in [9.17, 15) is 5.11 Å². The molecule has 0 spiro atoms. The Morgan fingerprint density at radius 2 is 2.00 bits per heavy atom. The van der Waals surface area contributed by atoms with Crippen LogP contribution < -0.4 is 0 Å². The summed E-state index contributed by atoms with van der Waals surface area (Å²) in [7, 11) is 0. The third kappa shape index (κ3) is 2.32. The fourth-order valence-corrected chi connectivity index (χ4v) is 1.88. The maximum atomic E-state index is 10.4. The summed E-state index contributed by atoms with van der Waals surface area (Å²) in [6.45, 7) is 6.25. The number of aromatic nitrogens is 1. The molecule has 2 rings (SSSR count). The number of nitrogens with zero attached hydrogens (tertiary/aromatic N) is 1. The number of aliphatic hydroxyl groups is 1. The largest absolute Gasteiger partial charge is 0.388 e. The molecule has 0 saturated carbocycles. The van der Waals surface area contributed by atoms with Gasteiger partial charge in [-0.15, -0.1) is 0 Å². The topological polar surface area (TPSA) is 33.1 Å². The third-order valence-corrected chi connectivity index (χ3v) is 3.58. The van der Waals surface area contributed by atoms with Crippen LogP contribution in [0.3, 0.4) is 0 Å². The van der Waals surface area contributed by atoms with Gasteiger partial charge in [-0.25, -0.2) is 0 Å². The summed E-state index contributed by atoms with van der Waals surface area (Å²) < 4.78 is 0. The summed E-state index contributed by atoms with van der Waals surface area (Å²) in [5, 5.41) is 11.4. The van der Waals surface area contributed by atoms with Gasteiger partial charge in [0, 0.05) is 11.6 Å². The number of hydrogen-bond acceptors (Lipinski definition) is 2. The molecule has 2 heteroatoms. The Morgan fingerprint density at radius 1 is 1.29 bits per heavy atom. The molecule has 1 N–H and O–H groups in total. The summed E-state index contributed by atoms with van der Waals surface area (Å²) in [5.41, 5.74) is 1.75. The number of fused-ring (bicyclic) bond motifs is 1. The molecular weight excluding hydrogens is 210 g/mol. The number of pyridine rings is 1. The second kappa shape index (κ2) is 4.46. The van der Waals surface area contributed by atoms with Crippen molar-refractivity contribution in [2.75, 3.05) is 0 Å². The van der Waals surface area contributed by atoms with E-state index in [4.69, 9.17) is 0 Å². The molecule has 1 unspecified atom stereocenters. The Kier molecular flexibility index (Phi) is 3.16. The first kappa shape index (κ1) is 12.1. The Hall–Kier alpha value is -1.41. The van der Waals surface area contributed by atoms with Gasteiger partial charge in [0.25, 0.3) is 0 Å². The second-order valence-electron chi connectivity index (χ2n) is 5.21. The van der Waals surface area contributed by atoms with Crippen LogP contribution in [0.25, 0.3) is 10.9 Å². The van der Waals surface area contributed by atoms with Crippen molar-refractivity contribution in [3.8, 4) is 0 Å². The van der Waals surface area contributed by atoms with Gasteiger partial charge in [0.15, 0.2) is 0 Å². The number of hydrogen-bond donors (Lipinski definition) is 1.